The van der Waals surface area contributed by atoms with Gasteiger partial charge in [0.2, 0.25) is 11.8 Å². The Labute approximate surface area is 271 Å². The van der Waals surface area contributed by atoms with E-state index in [4.69, 9.17) is 11.6 Å². The SMILES string of the molecule is CCCNC(=O)[C@H](Cc1ccccc1)N(Cc1cccc(Cl)c1)C(=O)CN(c1ccccc1CC)S(=O)(=O)c1ccc(C)cc1. The van der Waals surface area contributed by atoms with Crippen LogP contribution in [0.25, 0.3) is 0 Å². The lowest BCUT2D eigenvalue weighted by Crippen LogP contribution is -2.53. The maximum Gasteiger partial charge on any atom is 0.264 e. The molecule has 236 valence electrons. The average Bonchev–Trinajstić information content (AvgIpc) is 3.04. The van der Waals surface area contributed by atoms with Gasteiger partial charge in [-0.2, -0.15) is 0 Å². The molecule has 0 spiro atoms. The van der Waals surface area contributed by atoms with E-state index in [9.17, 15) is 18.0 Å². The van der Waals surface area contributed by atoms with E-state index in [1.54, 1.807) is 54.6 Å². The van der Waals surface area contributed by atoms with Crippen LogP contribution in [0.5, 0.6) is 0 Å². The Balaban J connectivity index is 1.82. The third kappa shape index (κ3) is 8.74. The molecule has 0 aliphatic heterocycles. The van der Waals surface area contributed by atoms with E-state index in [0.717, 1.165) is 28.7 Å². The first-order valence-electron chi connectivity index (χ1n) is 15.2. The number of aryl methyl sites for hydroxylation is 2. The van der Waals surface area contributed by atoms with Crippen molar-refractivity contribution in [2.75, 3.05) is 17.4 Å². The molecule has 1 N–H and O–H groups in total. The summed E-state index contributed by atoms with van der Waals surface area (Å²) in [5.74, 6) is -0.817. The second-order valence-electron chi connectivity index (χ2n) is 11.0. The van der Waals surface area contributed by atoms with Crippen LogP contribution in [0, 0.1) is 6.92 Å². The molecule has 7 nitrogen and oxygen atoms in total. The van der Waals surface area contributed by atoms with Gasteiger partial charge in [0.15, 0.2) is 0 Å². The number of amides is 2. The van der Waals surface area contributed by atoms with Gasteiger partial charge in [-0.1, -0.05) is 104 Å². The molecular weight excluding hydrogens is 606 g/mol. The minimum atomic E-state index is -4.17. The first-order valence-corrected chi connectivity index (χ1v) is 17.0. The highest BCUT2D eigenvalue weighted by Gasteiger charge is 2.35. The summed E-state index contributed by atoms with van der Waals surface area (Å²) in [7, 11) is -4.17. The molecule has 4 aromatic carbocycles. The van der Waals surface area contributed by atoms with Crippen molar-refractivity contribution in [1.29, 1.82) is 0 Å². The van der Waals surface area contributed by atoms with E-state index in [0.29, 0.717) is 23.7 Å². The molecule has 1 atom stereocenters. The van der Waals surface area contributed by atoms with Crippen molar-refractivity contribution in [2.45, 2.75) is 57.5 Å². The number of anilines is 1. The van der Waals surface area contributed by atoms with E-state index in [2.05, 4.69) is 5.32 Å². The Morgan fingerprint density at radius 2 is 1.51 bits per heavy atom. The third-order valence-corrected chi connectivity index (χ3v) is 9.60. The van der Waals surface area contributed by atoms with Crippen LogP contribution in [-0.2, 0) is 39.0 Å². The Morgan fingerprint density at radius 1 is 0.844 bits per heavy atom. The zero-order chi connectivity index (χ0) is 32.4. The highest BCUT2D eigenvalue weighted by molar-refractivity contribution is 7.92. The van der Waals surface area contributed by atoms with Gasteiger partial charge in [-0.15, -0.1) is 0 Å². The Morgan fingerprint density at radius 3 is 2.18 bits per heavy atom. The smallest absolute Gasteiger partial charge is 0.264 e. The Bertz CT molecular complexity index is 1700. The van der Waals surface area contributed by atoms with Crippen LogP contribution in [0.15, 0.2) is 108 Å². The second-order valence-corrected chi connectivity index (χ2v) is 13.3. The summed E-state index contributed by atoms with van der Waals surface area (Å²) in [6, 6.07) is 29.4. The lowest BCUT2D eigenvalue weighted by Gasteiger charge is -2.34. The van der Waals surface area contributed by atoms with Crippen molar-refractivity contribution in [3.05, 3.63) is 130 Å². The number of rotatable bonds is 14. The monoisotopic (exact) mass is 645 g/mol. The molecule has 4 aromatic rings. The molecular formula is C36H40ClN3O4S. The van der Waals surface area contributed by atoms with Crippen LogP contribution in [0.2, 0.25) is 5.02 Å². The van der Waals surface area contributed by atoms with Gasteiger partial charge in [0.05, 0.1) is 10.6 Å². The molecule has 2 amide bonds. The molecule has 0 aliphatic carbocycles. The molecule has 45 heavy (non-hydrogen) atoms. The second kappa shape index (κ2) is 15.7. The number of nitrogens with one attached hydrogen (secondary N) is 1. The summed E-state index contributed by atoms with van der Waals surface area (Å²) >= 11 is 6.31. The van der Waals surface area contributed by atoms with Gasteiger partial charge in [-0.3, -0.25) is 13.9 Å². The number of hydrogen-bond acceptors (Lipinski definition) is 4. The number of sulfonamides is 1. The molecule has 0 fully saturated rings. The molecule has 0 heterocycles. The van der Waals surface area contributed by atoms with Crippen LogP contribution >= 0.6 is 11.6 Å². The topological polar surface area (TPSA) is 86.8 Å². The van der Waals surface area contributed by atoms with Crippen LogP contribution in [0.4, 0.5) is 5.69 Å². The number of para-hydroxylation sites is 1. The summed E-state index contributed by atoms with van der Waals surface area (Å²) in [5.41, 5.74) is 3.72. The average molecular weight is 646 g/mol. The van der Waals surface area contributed by atoms with Gasteiger partial charge < -0.3 is 10.2 Å². The molecule has 9 heteroatoms. The van der Waals surface area contributed by atoms with Crippen LogP contribution in [0.1, 0.15) is 42.5 Å². The number of benzene rings is 4. The number of carbonyl (C=O) groups is 2. The molecule has 0 aromatic heterocycles. The third-order valence-electron chi connectivity index (χ3n) is 7.59. The van der Waals surface area contributed by atoms with Crippen molar-refractivity contribution < 1.29 is 18.0 Å². The summed E-state index contributed by atoms with van der Waals surface area (Å²) in [4.78, 5) is 29.9. The predicted octanol–water partition coefficient (Wildman–Crippen LogP) is 6.57. The fourth-order valence-electron chi connectivity index (χ4n) is 5.16. The number of hydrogen-bond donors (Lipinski definition) is 1. The molecule has 0 saturated heterocycles. The fourth-order valence-corrected chi connectivity index (χ4v) is 6.82. The van der Waals surface area contributed by atoms with Gasteiger partial charge in [-0.05, 0) is 66.8 Å². The summed E-state index contributed by atoms with van der Waals surface area (Å²) in [5, 5.41) is 3.45. The fraction of sp³-hybridized carbons (Fsp3) is 0.278. The minimum Gasteiger partial charge on any atom is -0.354 e. The van der Waals surface area contributed by atoms with Gasteiger partial charge in [-0.25, -0.2) is 8.42 Å². The maximum absolute atomic E-state index is 14.6. The van der Waals surface area contributed by atoms with E-state index in [1.807, 2.05) is 69.3 Å². The van der Waals surface area contributed by atoms with E-state index < -0.39 is 28.5 Å². The quantitative estimate of drug-likeness (QED) is 0.168. The van der Waals surface area contributed by atoms with E-state index >= 15 is 0 Å². The first-order chi connectivity index (χ1) is 21.6. The number of nitrogens with zero attached hydrogens (tertiary/aromatic N) is 2. The number of carbonyl (C=O) groups excluding carboxylic acids is 2. The van der Waals surface area contributed by atoms with Gasteiger partial charge in [0.25, 0.3) is 10.0 Å². The van der Waals surface area contributed by atoms with Gasteiger partial charge >= 0.3 is 0 Å². The number of halogens is 1. The van der Waals surface area contributed by atoms with Gasteiger partial charge in [0, 0.05) is 24.5 Å². The normalized spacial score (nSPS) is 11.9. The van der Waals surface area contributed by atoms with E-state index in [1.165, 1.54) is 9.21 Å². The van der Waals surface area contributed by atoms with Gasteiger partial charge in [0.1, 0.15) is 12.6 Å². The molecule has 4 rings (SSSR count). The molecule has 0 unspecified atom stereocenters. The van der Waals surface area contributed by atoms with Crippen molar-refractivity contribution in [3.63, 3.8) is 0 Å². The van der Waals surface area contributed by atoms with Crippen molar-refractivity contribution in [2.24, 2.45) is 0 Å². The lowest BCUT2D eigenvalue weighted by molar-refractivity contribution is -0.140. The molecule has 0 aliphatic rings. The Hall–Kier alpha value is -4.14. The highest BCUT2D eigenvalue weighted by atomic mass is 35.5. The summed E-state index contributed by atoms with van der Waals surface area (Å²) in [6.07, 6.45) is 1.54. The van der Waals surface area contributed by atoms with Crippen LogP contribution in [-0.4, -0.2) is 44.3 Å². The molecule has 0 bridgehead atoms. The van der Waals surface area contributed by atoms with Crippen molar-refractivity contribution in [1.82, 2.24) is 10.2 Å². The highest BCUT2D eigenvalue weighted by Crippen LogP contribution is 2.29. The largest absolute Gasteiger partial charge is 0.354 e. The predicted molar refractivity (Wildman–Crippen MR) is 181 cm³/mol. The zero-order valence-corrected chi connectivity index (χ0v) is 27.5. The van der Waals surface area contributed by atoms with Crippen molar-refractivity contribution in [3.8, 4) is 0 Å². The minimum absolute atomic E-state index is 0.0598. The standard InChI is InChI=1S/C36H40ClN3O4S/c1-4-22-38-36(42)34(24-28-12-7-6-8-13-28)39(25-29-14-11-16-31(37)23-29)35(41)26-40(33-17-10-9-15-30(33)5-2)45(43,44)32-20-18-27(3)19-21-32/h6-21,23,34H,4-5,22,24-26H2,1-3H3,(H,38,42)/t34-/m0/s1. The summed E-state index contributed by atoms with van der Waals surface area (Å²) in [6.45, 7) is 5.79. The maximum atomic E-state index is 14.6. The first kappa shape index (κ1) is 33.7. The van der Waals surface area contributed by atoms with Crippen LogP contribution < -0.4 is 9.62 Å². The summed E-state index contributed by atoms with van der Waals surface area (Å²) < 4.78 is 29.7. The molecule has 0 radical (unpaired) electrons. The Kier molecular flexibility index (Phi) is 11.8. The zero-order valence-electron chi connectivity index (χ0n) is 25.9. The van der Waals surface area contributed by atoms with Crippen LogP contribution in [0.3, 0.4) is 0 Å². The molecule has 0 saturated carbocycles. The lowest BCUT2D eigenvalue weighted by atomic mass is 10.0. The van der Waals surface area contributed by atoms with Crippen molar-refractivity contribution >= 4 is 39.1 Å². The van der Waals surface area contributed by atoms with E-state index in [-0.39, 0.29) is 23.8 Å².